The Balaban J connectivity index is 0.937. The lowest BCUT2D eigenvalue weighted by Gasteiger charge is -2.34. The van der Waals surface area contributed by atoms with E-state index in [0.29, 0.717) is 64.6 Å². The topological polar surface area (TPSA) is 183 Å². The van der Waals surface area contributed by atoms with Crippen molar-refractivity contribution in [2.75, 3.05) is 66.5 Å². The number of hydrazone groups is 1. The van der Waals surface area contributed by atoms with E-state index in [-0.39, 0.29) is 85.2 Å². The van der Waals surface area contributed by atoms with Crippen LogP contribution in [0.2, 0.25) is 20.1 Å². The largest absolute Gasteiger partial charge is 0.506 e. The first-order valence-corrected chi connectivity index (χ1v) is 23.6. The fourth-order valence-corrected chi connectivity index (χ4v) is 10.0. The second-order valence-electron chi connectivity index (χ2n) is 15.2. The summed E-state index contributed by atoms with van der Waals surface area (Å²) in [5, 5.41) is 29.5. The fraction of sp³-hybridized carbons (Fsp3) is 0.222. The smallest absolute Gasteiger partial charge is 0.257 e. The monoisotopic (exact) mass is 1130 g/mol. The lowest BCUT2D eigenvalue weighted by Crippen LogP contribution is -2.39. The highest BCUT2D eigenvalue weighted by Gasteiger charge is 2.28. The number of anilines is 4. The van der Waals surface area contributed by atoms with Crippen LogP contribution in [0.4, 0.5) is 32.1 Å². The van der Waals surface area contributed by atoms with Gasteiger partial charge in [-0.05, 0) is 64.3 Å². The first-order chi connectivity index (χ1) is 32.7. The molecule has 68 heavy (non-hydrogen) atoms. The van der Waals surface area contributed by atoms with Crippen molar-refractivity contribution in [3.05, 3.63) is 135 Å². The Morgan fingerprint density at radius 2 is 1.60 bits per heavy atom. The predicted octanol–water partition coefficient (Wildman–Crippen LogP) is 10.8. The second-order valence-corrected chi connectivity index (χ2v) is 18.5. The van der Waals surface area contributed by atoms with Gasteiger partial charge in [0.05, 0.1) is 76.9 Å². The number of ether oxygens (including phenoxy) is 2. The van der Waals surface area contributed by atoms with Crippen LogP contribution in [0.3, 0.4) is 0 Å². The summed E-state index contributed by atoms with van der Waals surface area (Å²) in [6.07, 6.45) is 4.10. The molecule has 4 heterocycles. The van der Waals surface area contributed by atoms with Gasteiger partial charge in [0.1, 0.15) is 17.6 Å². The number of hydrogen-bond donors (Lipinski definition) is 4. The Hall–Kier alpha value is -5.25. The standard InChI is InChI=1S/C45H36Br2Cl4F2N10O5/c1-22-3-2-4-28(48)36(22)38-26(46)13-24(40(64)39(38)51)16-54-20-35-55-18-31(52)42(59-35)63-9-12-68-34(21-63)23-5-6-33(29(49)14-23)58-44(66)37-25(41(65)30(50)15-27(37)47)17-57-61-45-56-19-32(53)43(60-45)62-7-10-67-11-8-62/h2-6,13-19,34,64-65H,7-12,20-21H2,1H3,(H,58,66)(H,56,60,61)/b54-16?,57-17-. The molecule has 1 unspecified atom stereocenters. The maximum Gasteiger partial charge on any atom is 0.257 e. The number of amides is 1. The maximum absolute atomic E-state index is 15.3. The number of aliphatic imine (C=N–C) groups is 1. The highest BCUT2D eigenvalue weighted by molar-refractivity contribution is 9.11. The van der Waals surface area contributed by atoms with Crippen LogP contribution in [0, 0.1) is 18.6 Å². The molecular formula is C45H36Br2Cl4F2N10O5. The molecule has 0 spiro atoms. The van der Waals surface area contributed by atoms with E-state index >= 15 is 4.39 Å². The minimum absolute atomic E-state index is 0.0352. The average molecular weight is 1140 g/mol. The van der Waals surface area contributed by atoms with Gasteiger partial charge in [0.15, 0.2) is 29.1 Å². The third-order valence-electron chi connectivity index (χ3n) is 10.8. The van der Waals surface area contributed by atoms with Crippen LogP contribution in [-0.2, 0) is 16.0 Å². The lowest BCUT2D eigenvalue weighted by molar-refractivity contribution is 0.0393. The molecule has 0 saturated carbocycles. The Morgan fingerprint density at radius 1 is 0.868 bits per heavy atom. The summed E-state index contributed by atoms with van der Waals surface area (Å²) in [4.78, 5) is 38.5. The molecule has 2 fully saturated rings. The molecule has 4 aromatic carbocycles. The first-order valence-electron chi connectivity index (χ1n) is 20.5. The predicted molar refractivity (Wildman–Crippen MR) is 267 cm³/mol. The summed E-state index contributed by atoms with van der Waals surface area (Å²) >= 11 is 33.1. The molecule has 1 atom stereocenters. The number of benzene rings is 4. The summed E-state index contributed by atoms with van der Waals surface area (Å²) in [7, 11) is 0. The Kier molecular flexibility index (Phi) is 15.6. The van der Waals surface area contributed by atoms with Gasteiger partial charge in [0.2, 0.25) is 5.95 Å². The van der Waals surface area contributed by atoms with Crippen molar-refractivity contribution < 1.29 is 33.3 Å². The lowest BCUT2D eigenvalue weighted by atomic mass is 9.98. The van der Waals surface area contributed by atoms with Crippen molar-refractivity contribution in [2.45, 2.75) is 19.6 Å². The molecule has 2 aromatic heterocycles. The second kappa shape index (κ2) is 21.6. The molecule has 8 rings (SSSR count). The molecule has 23 heteroatoms. The number of rotatable bonds is 12. The van der Waals surface area contributed by atoms with Crippen LogP contribution >= 0.6 is 78.3 Å². The summed E-state index contributed by atoms with van der Waals surface area (Å²) in [5.41, 5.74) is 5.81. The number of aromatic nitrogens is 4. The van der Waals surface area contributed by atoms with Crippen LogP contribution < -0.4 is 20.5 Å². The molecule has 6 aromatic rings. The number of halogens is 8. The molecule has 2 saturated heterocycles. The van der Waals surface area contributed by atoms with E-state index in [0.717, 1.165) is 24.2 Å². The van der Waals surface area contributed by atoms with Crippen LogP contribution in [0.1, 0.15) is 44.5 Å². The molecule has 0 radical (unpaired) electrons. The Labute approximate surface area is 424 Å². The van der Waals surface area contributed by atoms with Gasteiger partial charge < -0.3 is 34.8 Å². The average Bonchev–Trinajstić information content (AvgIpc) is 3.32. The van der Waals surface area contributed by atoms with E-state index in [1.807, 2.05) is 19.1 Å². The van der Waals surface area contributed by atoms with Gasteiger partial charge in [-0.25, -0.2) is 29.2 Å². The normalized spacial score (nSPS) is 15.4. The number of nitrogens with zero attached hydrogens (tertiary/aromatic N) is 8. The molecule has 352 valence electrons. The Bertz CT molecular complexity index is 2970. The number of carbonyl (C=O) groups is 1. The summed E-state index contributed by atoms with van der Waals surface area (Å²) in [5.74, 6) is -2.25. The number of phenolic OH excluding ortho intramolecular Hbond substituents is 2. The number of morpholine rings is 2. The number of phenols is 2. The zero-order valence-corrected chi connectivity index (χ0v) is 41.6. The molecule has 0 bridgehead atoms. The highest BCUT2D eigenvalue weighted by atomic mass is 79.9. The molecule has 0 aliphatic carbocycles. The molecular weight excluding hydrogens is 1100 g/mol. The number of aryl methyl sites for hydroxylation is 1. The van der Waals surface area contributed by atoms with E-state index in [1.54, 1.807) is 40.1 Å². The summed E-state index contributed by atoms with van der Waals surface area (Å²) in [6.45, 7) is 4.33. The Morgan fingerprint density at radius 3 is 2.35 bits per heavy atom. The van der Waals surface area contributed by atoms with Crippen LogP contribution in [-0.4, -0.2) is 94.5 Å². The van der Waals surface area contributed by atoms with Crippen molar-refractivity contribution in [1.82, 2.24) is 19.9 Å². The molecule has 2 aliphatic rings. The highest BCUT2D eigenvalue weighted by Crippen LogP contribution is 2.46. The van der Waals surface area contributed by atoms with Crippen LogP contribution in [0.5, 0.6) is 11.5 Å². The van der Waals surface area contributed by atoms with Gasteiger partial charge in [-0.15, -0.1) is 0 Å². The maximum atomic E-state index is 15.3. The minimum Gasteiger partial charge on any atom is -0.506 e. The van der Waals surface area contributed by atoms with Gasteiger partial charge >= 0.3 is 0 Å². The number of aromatic hydroxyl groups is 2. The molecule has 4 N–H and O–H groups in total. The van der Waals surface area contributed by atoms with Crippen LogP contribution in [0.15, 0.2) is 80.0 Å². The third kappa shape index (κ3) is 10.8. The SMILES string of the molecule is Cc1cccc(Cl)c1-c1c(Br)cc(C=NCc2ncc(F)c(N3CCOC(c4ccc(NC(=O)c5c(Br)cc(Cl)c(O)c5/C=N\Nc5ncc(F)c(N6CCOCC6)n5)c(Cl)c4)C3)n2)c(O)c1Cl. The van der Waals surface area contributed by atoms with Crippen molar-refractivity contribution in [3.63, 3.8) is 0 Å². The summed E-state index contributed by atoms with van der Waals surface area (Å²) in [6, 6.07) is 13.4. The van der Waals surface area contributed by atoms with Gasteiger partial charge in [0, 0.05) is 63.1 Å². The van der Waals surface area contributed by atoms with E-state index in [4.69, 9.17) is 55.9 Å². The van der Waals surface area contributed by atoms with Crippen molar-refractivity contribution in [3.8, 4) is 22.6 Å². The van der Waals surface area contributed by atoms with Gasteiger partial charge in [-0.3, -0.25) is 9.79 Å². The minimum atomic E-state index is -0.679. The van der Waals surface area contributed by atoms with Crippen molar-refractivity contribution >= 4 is 120 Å². The molecule has 1 amide bonds. The number of carbonyl (C=O) groups excluding carboxylic acids is 1. The number of hydrogen-bond acceptors (Lipinski definition) is 14. The zero-order chi connectivity index (χ0) is 48.2. The van der Waals surface area contributed by atoms with Crippen molar-refractivity contribution in [2.24, 2.45) is 10.1 Å². The molecule has 15 nitrogen and oxygen atoms in total. The summed E-state index contributed by atoms with van der Waals surface area (Å²) < 4.78 is 42.2. The number of nitrogens with one attached hydrogen (secondary N) is 2. The van der Waals surface area contributed by atoms with E-state index in [9.17, 15) is 19.4 Å². The quantitative estimate of drug-likeness (QED) is 0.0673. The van der Waals surface area contributed by atoms with E-state index < -0.39 is 29.4 Å². The third-order valence-corrected chi connectivity index (χ3v) is 13.3. The van der Waals surface area contributed by atoms with Crippen molar-refractivity contribution in [1.29, 1.82) is 0 Å². The first kappa shape index (κ1) is 49.2. The van der Waals surface area contributed by atoms with Gasteiger partial charge in [-0.1, -0.05) is 80.5 Å². The van der Waals surface area contributed by atoms with Gasteiger partial charge in [-0.2, -0.15) is 10.1 Å². The van der Waals surface area contributed by atoms with Gasteiger partial charge in [0.25, 0.3) is 5.91 Å². The van der Waals surface area contributed by atoms with E-state index in [2.05, 4.69) is 72.6 Å². The zero-order valence-electron chi connectivity index (χ0n) is 35.4. The molecule has 2 aliphatic heterocycles. The van der Waals surface area contributed by atoms with E-state index in [1.165, 1.54) is 12.3 Å². The van der Waals surface area contributed by atoms with Crippen LogP contribution in [0.25, 0.3) is 11.1 Å². The fourth-order valence-electron chi connectivity index (χ4n) is 7.43.